The molecule has 0 unspecified atom stereocenters. The van der Waals surface area contributed by atoms with Gasteiger partial charge in [-0.25, -0.2) is 4.98 Å². The highest BCUT2D eigenvalue weighted by atomic mass is 16.5. The van der Waals surface area contributed by atoms with E-state index in [-0.39, 0.29) is 0 Å². The summed E-state index contributed by atoms with van der Waals surface area (Å²) >= 11 is 0. The summed E-state index contributed by atoms with van der Waals surface area (Å²) in [6.45, 7) is 8.01. The van der Waals surface area contributed by atoms with Crippen molar-refractivity contribution in [1.82, 2.24) is 9.97 Å². The number of nitrogens with zero attached hydrogens (tertiary/aromatic N) is 2. The van der Waals surface area contributed by atoms with Crippen molar-refractivity contribution in [2.24, 2.45) is 0 Å². The van der Waals surface area contributed by atoms with E-state index in [1.807, 2.05) is 32.9 Å². The molecule has 2 aromatic rings. The molecular weight excluding hydrogens is 250 g/mol. The summed E-state index contributed by atoms with van der Waals surface area (Å²) in [7, 11) is 0. The molecule has 0 saturated carbocycles. The third-order valence-electron chi connectivity index (χ3n) is 3.10. The Bertz CT molecular complexity index is 569. The zero-order valence-electron chi connectivity index (χ0n) is 12.3. The van der Waals surface area contributed by atoms with Gasteiger partial charge in [0, 0.05) is 19.3 Å². The summed E-state index contributed by atoms with van der Waals surface area (Å²) in [5, 5.41) is 3.36. The Balaban J connectivity index is 2.08. The van der Waals surface area contributed by atoms with Crippen LogP contribution in [0.5, 0.6) is 0 Å². The molecular formula is C16H21N3O. The van der Waals surface area contributed by atoms with Crippen molar-refractivity contribution in [3.8, 4) is 0 Å². The van der Waals surface area contributed by atoms with Gasteiger partial charge in [0.05, 0.1) is 18.0 Å². The summed E-state index contributed by atoms with van der Waals surface area (Å²) in [6.07, 6.45) is 1.78. The largest absolute Gasteiger partial charge is 0.377 e. The first-order valence-corrected chi connectivity index (χ1v) is 6.89. The van der Waals surface area contributed by atoms with E-state index >= 15 is 0 Å². The molecule has 4 heteroatoms. The van der Waals surface area contributed by atoms with Gasteiger partial charge in [0.1, 0.15) is 5.82 Å². The van der Waals surface area contributed by atoms with E-state index in [1.54, 1.807) is 6.20 Å². The lowest BCUT2D eigenvalue weighted by Gasteiger charge is -2.12. The van der Waals surface area contributed by atoms with Gasteiger partial charge in [0.15, 0.2) is 0 Å². The van der Waals surface area contributed by atoms with Gasteiger partial charge in [-0.15, -0.1) is 0 Å². The van der Waals surface area contributed by atoms with Crippen LogP contribution >= 0.6 is 0 Å². The summed E-state index contributed by atoms with van der Waals surface area (Å²) in [6, 6.07) is 8.29. The SMILES string of the molecule is CCOCc1ccccc1CNc1nc(C)cnc1C. The summed E-state index contributed by atoms with van der Waals surface area (Å²) in [4.78, 5) is 8.79. The minimum Gasteiger partial charge on any atom is -0.377 e. The first-order chi connectivity index (χ1) is 9.70. The number of hydrogen-bond donors (Lipinski definition) is 1. The normalized spacial score (nSPS) is 10.6. The van der Waals surface area contributed by atoms with Gasteiger partial charge in [0.2, 0.25) is 0 Å². The van der Waals surface area contributed by atoms with Gasteiger partial charge >= 0.3 is 0 Å². The standard InChI is InChI=1S/C16H21N3O/c1-4-20-11-15-8-6-5-7-14(15)10-18-16-13(3)17-9-12(2)19-16/h5-9H,4,10-11H2,1-3H3,(H,18,19). The number of aromatic nitrogens is 2. The van der Waals surface area contributed by atoms with Gasteiger partial charge in [-0.3, -0.25) is 4.98 Å². The smallest absolute Gasteiger partial charge is 0.148 e. The molecule has 0 amide bonds. The lowest BCUT2D eigenvalue weighted by Crippen LogP contribution is -2.07. The second-order valence-corrected chi connectivity index (χ2v) is 4.70. The number of rotatable bonds is 6. The molecule has 0 bridgehead atoms. The molecule has 0 radical (unpaired) electrons. The number of anilines is 1. The van der Waals surface area contributed by atoms with Crippen molar-refractivity contribution >= 4 is 5.82 Å². The quantitative estimate of drug-likeness (QED) is 0.876. The molecule has 0 aliphatic rings. The van der Waals surface area contributed by atoms with Crippen molar-refractivity contribution in [2.75, 3.05) is 11.9 Å². The Labute approximate surface area is 120 Å². The Kier molecular flexibility index (Phi) is 5.07. The molecule has 1 aromatic heterocycles. The fourth-order valence-corrected chi connectivity index (χ4v) is 1.97. The lowest BCUT2D eigenvalue weighted by molar-refractivity contribution is 0.133. The Hall–Kier alpha value is -1.94. The average molecular weight is 271 g/mol. The molecule has 2 rings (SSSR count). The van der Waals surface area contributed by atoms with Gasteiger partial charge in [0.25, 0.3) is 0 Å². The minimum atomic E-state index is 0.646. The van der Waals surface area contributed by atoms with Gasteiger partial charge in [-0.1, -0.05) is 24.3 Å². The highest BCUT2D eigenvalue weighted by Crippen LogP contribution is 2.14. The molecule has 1 aromatic carbocycles. The molecule has 0 aliphatic carbocycles. The number of hydrogen-bond acceptors (Lipinski definition) is 4. The molecule has 20 heavy (non-hydrogen) atoms. The maximum atomic E-state index is 5.50. The third kappa shape index (κ3) is 3.78. The molecule has 4 nitrogen and oxygen atoms in total. The molecule has 0 saturated heterocycles. The van der Waals surface area contributed by atoms with E-state index in [2.05, 4.69) is 27.4 Å². The van der Waals surface area contributed by atoms with Crippen molar-refractivity contribution in [3.05, 3.63) is 53.0 Å². The highest BCUT2D eigenvalue weighted by Gasteiger charge is 2.05. The molecule has 1 heterocycles. The average Bonchev–Trinajstić information content (AvgIpc) is 2.47. The zero-order valence-corrected chi connectivity index (χ0v) is 12.3. The summed E-state index contributed by atoms with van der Waals surface area (Å²) in [5.41, 5.74) is 4.27. The fraction of sp³-hybridized carbons (Fsp3) is 0.375. The van der Waals surface area contributed by atoms with Crippen LogP contribution in [0.1, 0.15) is 29.4 Å². The van der Waals surface area contributed by atoms with Crippen LogP contribution in [0.15, 0.2) is 30.5 Å². The number of nitrogens with one attached hydrogen (secondary N) is 1. The van der Waals surface area contributed by atoms with Crippen LogP contribution in [0, 0.1) is 13.8 Å². The third-order valence-corrected chi connectivity index (χ3v) is 3.10. The lowest BCUT2D eigenvalue weighted by atomic mass is 10.1. The van der Waals surface area contributed by atoms with Gasteiger partial charge in [-0.05, 0) is 31.9 Å². The van der Waals surface area contributed by atoms with E-state index in [0.29, 0.717) is 6.61 Å². The number of benzene rings is 1. The van der Waals surface area contributed by atoms with Crippen molar-refractivity contribution in [2.45, 2.75) is 33.9 Å². The minimum absolute atomic E-state index is 0.646. The fourth-order valence-electron chi connectivity index (χ4n) is 1.97. The Morgan fingerprint density at radius 3 is 2.65 bits per heavy atom. The molecule has 0 atom stereocenters. The monoisotopic (exact) mass is 271 g/mol. The second-order valence-electron chi connectivity index (χ2n) is 4.70. The van der Waals surface area contributed by atoms with Crippen molar-refractivity contribution in [1.29, 1.82) is 0 Å². The predicted molar refractivity (Wildman–Crippen MR) is 80.6 cm³/mol. The van der Waals surface area contributed by atoms with Crippen molar-refractivity contribution < 1.29 is 4.74 Å². The molecule has 0 spiro atoms. The zero-order chi connectivity index (χ0) is 14.4. The van der Waals surface area contributed by atoms with Crippen LogP contribution in [0.2, 0.25) is 0 Å². The van der Waals surface area contributed by atoms with Crippen LogP contribution < -0.4 is 5.32 Å². The van der Waals surface area contributed by atoms with Gasteiger partial charge in [-0.2, -0.15) is 0 Å². The molecule has 0 fully saturated rings. The van der Waals surface area contributed by atoms with Gasteiger partial charge < -0.3 is 10.1 Å². The Morgan fingerprint density at radius 2 is 1.90 bits per heavy atom. The van der Waals surface area contributed by atoms with E-state index in [9.17, 15) is 0 Å². The number of aryl methyl sites for hydroxylation is 2. The van der Waals surface area contributed by atoms with Crippen LogP contribution in [0.25, 0.3) is 0 Å². The van der Waals surface area contributed by atoms with Crippen LogP contribution in [-0.2, 0) is 17.9 Å². The molecule has 1 N–H and O–H groups in total. The number of ether oxygens (including phenoxy) is 1. The maximum Gasteiger partial charge on any atom is 0.148 e. The summed E-state index contributed by atoms with van der Waals surface area (Å²) < 4.78 is 5.50. The molecule has 106 valence electrons. The highest BCUT2D eigenvalue weighted by molar-refractivity contribution is 5.41. The summed E-state index contributed by atoms with van der Waals surface area (Å²) in [5.74, 6) is 0.844. The second kappa shape index (κ2) is 7.01. The first kappa shape index (κ1) is 14.5. The molecule has 0 aliphatic heterocycles. The van der Waals surface area contributed by atoms with Crippen LogP contribution in [0.4, 0.5) is 5.82 Å². The van der Waals surface area contributed by atoms with Crippen molar-refractivity contribution in [3.63, 3.8) is 0 Å². The maximum absolute atomic E-state index is 5.50. The first-order valence-electron chi connectivity index (χ1n) is 6.89. The van der Waals surface area contributed by atoms with Crippen LogP contribution in [-0.4, -0.2) is 16.6 Å². The predicted octanol–water partition coefficient (Wildman–Crippen LogP) is 3.24. The Morgan fingerprint density at radius 1 is 1.15 bits per heavy atom. The topological polar surface area (TPSA) is 47.0 Å². The van der Waals surface area contributed by atoms with E-state index < -0.39 is 0 Å². The van der Waals surface area contributed by atoms with E-state index in [0.717, 1.165) is 30.4 Å². The van der Waals surface area contributed by atoms with E-state index in [4.69, 9.17) is 4.74 Å². The van der Waals surface area contributed by atoms with Crippen LogP contribution in [0.3, 0.4) is 0 Å². The van der Waals surface area contributed by atoms with E-state index in [1.165, 1.54) is 11.1 Å².